The number of rotatable bonds is 3. The Bertz CT molecular complexity index is 570. The summed E-state index contributed by atoms with van der Waals surface area (Å²) in [5.41, 5.74) is 2.74. The molecule has 4 heteroatoms. The van der Waals surface area contributed by atoms with E-state index in [0.29, 0.717) is 5.88 Å². The molecule has 0 bridgehead atoms. The molecule has 2 aromatic rings. The first-order valence-electron chi connectivity index (χ1n) is 5.55. The quantitative estimate of drug-likeness (QED) is 0.748. The molecule has 2 nitrogen and oxygen atoms in total. The van der Waals surface area contributed by atoms with E-state index in [0.717, 1.165) is 33.3 Å². The molecule has 0 saturated heterocycles. The second-order valence-electron chi connectivity index (χ2n) is 4.08. The lowest BCUT2D eigenvalue weighted by Gasteiger charge is -2.11. The van der Waals surface area contributed by atoms with Gasteiger partial charge in [-0.3, -0.25) is 4.98 Å². The minimum Gasteiger partial charge on any atom is -0.457 e. The number of alkyl halides is 1. The van der Waals surface area contributed by atoms with Crippen LogP contribution in [-0.2, 0) is 5.88 Å². The van der Waals surface area contributed by atoms with Gasteiger partial charge in [-0.05, 0) is 37.6 Å². The Morgan fingerprint density at radius 2 is 2.00 bits per heavy atom. The summed E-state index contributed by atoms with van der Waals surface area (Å²) in [4.78, 5) is 4.20. The Balaban J connectivity index is 2.33. The summed E-state index contributed by atoms with van der Waals surface area (Å²) < 4.78 is 5.83. The van der Waals surface area contributed by atoms with Crippen molar-refractivity contribution in [3.05, 3.63) is 52.3 Å². The van der Waals surface area contributed by atoms with Crippen LogP contribution in [0.2, 0.25) is 5.02 Å². The van der Waals surface area contributed by atoms with Gasteiger partial charge in [-0.1, -0.05) is 11.6 Å². The van der Waals surface area contributed by atoms with Crippen LogP contribution in [0.5, 0.6) is 11.5 Å². The van der Waals surface area contributed by atoms with Crippen molar-refractivity contribution in [1.82, 2.24) is 4.98 Å². The molecule has 1 heterocycles. The first kappa shape index (κ1) is 13.2. The van der Waals surface area contributed by atoms with E-state index in [1.54, 1.807) is 6.20 Å². The van der Waals surface area contributed by atoms with Gasteiger partial charge in [-0.2, -0.15) is 0 Å². The summed E-state index contributed by atoms with van der Waals surface area (Å²) in [6.07, 6.45) is 1.74. The van der Waals surface area contributed by atoms with E-state index in [4.69, 9.17) is 27.9 Å². The molecule has 2 rings (SSSR count). The third-order valence-corrected chi connectivity index (χ3v) is 3.29. The zero-order valence-electron chi connectivity index (χ0n) is 10.2. The highest BCUT2D eigenvalue weighted by Crippen LogP contribution is 2.29. The summed E-state index contributed by atoms with van der Waals surface area (Å²) in [6, 6.07) is 7.43. The Labute approximate surface area is 117 Å². The Hall–Kier alpha value is -1.25. The monoisotopic (exact) mass is 281 g/mol. The number of nitrogens with zero attached hydrogens (tertiary/aromatic N) is 1. The molecule has 0 amide bonds. The highest BCUT2D eigenvalue weighted by atomic mass is 35.5. The maximum atomic E-state index is 5.98. The van der Waals surface area contributed by atoms with Crippen LogP contribution in [0.1, 0.15) is 16.8 Å². The lowest BCUT2D eigenvalue weighted by atomic mass is 10.2. The third kappa shape index (κ3) is 2.95. The second-order valence-corrected chi connectivity index (χ2v) is 4.75. The van der Waals surface area contributed by atoms with Crippen molar-refractivity contribution in [1.29, 1.82) is 0 Å². The average Bonchev–Trinajstić information content (AvgIpc) is 2.34. The van der Waals surface area contributed by atoms with Crippen LogP contribution in [-0.4, -0.2) is 4.98 Å². The van der Waals surface area contributed by atoms with E-state index < -0.39 is 0 Å². The van der Waals surface area contributed by atoms with Gasteiger partial charge in [0.1, 0.15) is 11.5 Å². The summed E-state index contributed by atoms with van der Waals surface area (Å²) in [5, 5.41) is 0.728. The number of hydrogen-bond donors (Lipinski definition) is 0. The maximum absolute atomic E-state index is 5.98. The van der Waals surface area contributed by atoms with Gasteiger partial charge in [-0.15, -0.1) is 11.6 Å². The number of benzene rings is 1. The van der Waals surface area contributed by atoms with Crippen molar-refractivity contribution < 1.29 is 4.74 Å². The first-order valence-corrected chi connectivity index (χ1v) is 6.47. The topological polar surface area (TPSA) is 22.1 Å². The number of aromatic nitrogens is 1. The predicted molar refractivity (Wildman–Crippen MR) is 74.8 cm³/mol. The lowest BCUT2D eigenvalue weighted by Crippen LogP contribution is -1.93. The van der Waals surface area contributed by atoms with Gasteiger partial charge in [0.2, 0.25) is 0 Å². The SMILES string of the molecule is Cc1cc(Oc2ccc(Cl)c(C)c2)c(CCl)cn1. The molecule has 0 radical (unpaired) electrons. The van der Waals surface area contributed by atoms with Crippen LogP contribution in [0.15, 0.2) is 30.5 Å². The van der Waals surface area contributed by atoms with E-state index in [1.807, 2.05) is 38.1 Å². The van der Waals surface area contributed by atoms with Crippen molar-refractivity contribution in [2.75, 3.05) is 0 Å². The van der Waals surface area contributed by atoms with E-state index in [9.17, 15) is 0 Å². The van der Waals surface area contributed by atoms with Crippen molar-refractivity contribution in [3.63, 3.8) is 0 Å². The molecule has 0 saturated carbocycles. The average molecular weight is 282 g/mol. The number of ether oxygens (including phenoxy) is 1. The molecule has 0 unspecified atom stereocenters. The Morgan fingerprint density at radius 1 is 1.22 bits per heavy atom. The van der Waals surface area contributed by atoms with Gasteiger partial charge < -0.3 is 4.74 Å². The molecule has 0 aliphatic heterocycles. The van der Waals surface area contributed by atoms with Crippen LogP contribution in [0.3, 0.4) is 0 Å². The molecule has 18 heavy (non-hydrogen) atoms. The molecular formula is C14H13Cl2NO. The van der Waals surface area contributed by atoms with Gasteiger partial charge in [0.05, 0.1) is 5.88 Å². The summed E-state index contributed by atoms with van der Waals surface area (Å²) in [7, 11) is 0. The third-order valence-electron chi connectivity index (χ3n) is 2.58. The van der Waals surface area contributed by atoms with Crippen LogP contribution in [0.25, 0.3) is 0 Å². The van der Waals surface area contributed by atoms with Gasteiger partial charge in [0.15, 0.2) is 0 Å². The van der Waals surface area contributed by atoms with Gasteiger partial charge in [0, 0.05) is 28.5 Å². The van der Waals surface area contributed by atoms with Crippen LogP contribution in [0.4, 0.5) is 0 Å². The maximum Gasteiger partial charge on any atom is 0.135 e. The fourth-order valence-electron chi connectivity index (χ4n) is 1.57. The van der Waals surface area contributed by atoms with Crippen molar-refractivity contribution in [3.8, 4) is 11.5 Å². The van der Waals surface area contributed by atoms with Gasteiger partial charge in [-0.25, -0.2) is 0 Å². The summed E-state index contributed by atoms with van der Waals surface area (Å²) in [5.74, 6) is 1.85. The smallest absolute Gasteiger partial charge is 0.135 e. The Kier molecular flexibility index (Phi) is 4.10. The number of pyridine rings is 1. The molecule has 94 valence electrons. The normalized spacial score (nSPS) is 10.4. The molecular weight excluding hydrogens is 269 g/mol. The van der Waals surface area contributed by atoms with E-state index >= 15 is 0 Å². The summed E-state index contributed by atoms with van der Waals surface area (Å²) in [6.45, 7) is 3.85. The largest absolute Gasteiger partial charge is 0.457 e. The van der Waals surface area contributed by atoms with Crippen LogP contribution >= 0.6 is 23.2 Å². The highest BCUT2D eigenvalue weighted by molar-refractivity contribution is 6.31. The molecule has 0 atom stereocenters. The number of hydrogen-bond acceptors (Lipinski definition) is 2. The minimum atomic E-state index is 0.370. The molecule has 0 spiro atoms. The molecule has 0 N–H and O–H groups in total. The van der Waals surface area contributed by atoms with Crippen LogP contribution < -0.4 is 4.74 Å². The highest BCUT2D eigenvalue weighted by Gasteiger charge is 2.06. The van der Waals surface area contributed by atoms with Crippen molar-refractivity contribution in [2.45, 2.75) is 19.7 Å². The summed E-state index contributed by atoms with van der Waals surface area (Å²) >= 11 is 11.8. The van der Waals surface area contributed by atoms with Crippen molar-refractivity contribution >= 4 is 23.2 Å². The van der Waals surface area contributed by atoms with Crippen molar-refractivity contribution in [2.24, 2.45) is 0 Å². The second kappa shape index (κ2) is 5.59. The fourth-order valence-corrected chi connectivity index (χ4v) is 1.88. The Morgan fingerprint density at radius 3 is 2.67 bits per heavy atom. The fraction of sp³-hybridized carbons (Fsp3) is 0.214. The van der Waals surface area contributed by atoms with E-state index in [2.05, 4.69) is 4.98 Å². The molecule has 0 aliphatic carbocycles. The van der Waals surface area contributed by atoms with Crippen LogP contribution in [0, 0.1) is 13.8 Å². The lowest BCUT2D eigenvalue weighted by molar-refractivity contribution is 0.476. The molecule has 1 aromatic heterocycles. The van der Waals surface area contributed by atoms with E-state index in [-0.39, 0.29) is 0 Å². The number of aryl methyl sites for hydroxylation is 2. The predicted octanol–water partition coefficient (Wildman–Crippen LogP) is 4.88. The van der Waals surface area contributed by atoms with E-state index in [1.165, 1.54) is 0 Å². The number of halogens is 2. The molecule has 0 aliphatic rings. The molecule has 0 fully saturated rings. The standard InChI is InChI=1S/C14H13Cl2NO/c1-9-5-12(3-4-13(9)16)18-14-6-10(2)17-8-11(14)7-15/h3-6,8H,7H2,1-2H3. The first-order chi connectivity index (χ1) is 8.60. The van der Waals surface area contributed by atoms with Gasteiger partial charge in [0.25, 0.3) is 0 Å². The van der Waals surface area contributed by atoms with Gasteiger partial charge >= 0.3 is 0 Å². The molecule has 1 aromatic carbocycles. The zero-order valence-corrected chi connectivity index (χ0v) is 11.7. The zero-order chi connectivity index (χ0) is 13.1. The minimum absolute atomic E-state index is 0.370.